The molecule has 27 heavy (non-hydrogen) atoms. The molecule has 2 rings (SSSR count). The van der Waals surface area contributed by atoms with E-state index in [-0.39, 0.29) is 12.3 Å². The number of anilines is 1. The van der Waals surface area contributed by atoms with Crippen LogP contribution in [-0.4, -0.2) is 35.1 Å². The Morgan fingerprint density at radius 1 is 1.37 bits per heavy atom. The molecular formula is C19H24N4O4. The van der Waals surface area contributed by atoms with Crippen LogP contribution >= 0.6 is 0 Å². The minimum absolute atomic E-state index is 0.0838. The molecule has 1 aliphatic heterocycles. The van der Waals surface area contributed by atoms with E-state index in [1.165, 1.54) is 24.1 Å². The summed E-state index contributed by atoms with van der Waals surface area (Å²) in [6.45, 7) is 1.63. The number of carbonyl (C=O) groups excluding carboxylic acids is 2. The summed E-state index contributed by atoms with van der Waals surface area (Å²) in [5, 5.41) is 17.3. The number of carboxylic acids is 1. The molecule has 2 atom stereocenters. The first kappa shape index (κ1) is 20.2. The van der Waals surface area contributed by atoms with Gasteiger partial charge in [-0.3, -0.25) is 19.8 Å². The molecule has 0 bridgehead atoms. The Morgan fingerprint density at radius 2 is 2.00 bits per heavy atom. The predicted molar refractivity (Wildman–Crippen MR) is 101 cm³/mol. The largest absolute Gasteiger partial charge is 0.480 e. The number of aliphatic carboxylic acids is 1. The average molecular weight is 372 g/mol. The number of nitrogens with zero attached hydrogens (tertiary/aromatic N) is 1. The van der Waals surface area contributed by atoms with Crippen LogP contribution in [0.3, 0.4) is 0 Å². The lowest BCUT2D eigenvalue weighted by atomic mass is 9.66. The van der Waals surface area contributed by atoms with Gasteiger partial charge in [-0.2, -0.15) is 0 Å². The molecule has 8 heteroatoms. The molecule has 1 amide bonds. The number of nitrogen functional groups attached to an aromatic ring is 1. The number of benzene rings is 1. The summed E-state index contributed by atoms with van der Waals surface area (Å²) in [7, 11) is 0. The van der Waals surface area contributed by atoms with E-state index in [1.54, 1.807) is 24.3 Å². The summed E-state index contributed by atoms with van der Waals surface area (Å²) < 4.78 is 0. The second-order valence-corrected chi connectivity index (χ2v) is 6.61. The number of rotatable bonds is 7. The molecule has 8 nitrogen and oxygen atoms in total. The van der Waals surface area contributed by atoms with E-state index in [2.05, 4.69) is 0 Å². The maximum atomic E-state index is 13.2. The van der Waals surface area contributed by atoms with Gasteiger partial charge < -0.3 is 21.5 Å². The van der Waals surface area contributed by atoms with Gasteiger partial charge in [-0.05, 0) is 56.7 Å². The second-order valence-electron chi connectivity index (χ2n) is 6.61. The summed E-state index contributed by atoms with van der Waals surface area (Å²) in [5.74, 6) is -3.36. The molecule has 1 saturated heterocycles. The Labute approximate surface area is 157 Å². The zero-order valence-electron chi connectivity index (χ0n) is 15.1. The number of amides is 1. The molecule has 0 saturated carbocycles. The molecule has 2 unspecified atom stereocenters. The molecule has 0 radical (unpaired) electrons. The van der Waals surface area contributed by atoms with Gasteiger partial charge in [0.2, 0.25) is 5.91 Å². The van der Waals surface area contributed by atoms with Crippen LogP contribution in [0.4, 0.5) is 5.69 Å². The first-order valence-corrected chi connectivity index (χ1v) is 8.62. The van der Waals surface area contributed by atoms with Gasteiger partial charge >= 0.3 is 5.97 Å². The van der Waals surface area contributed by atoms with Gasteiger partial charge in [-0.1, -0.05) is 6.08 Å². The number of hydrogen-bond donors (Lipinski definition) is 4. The van der Waals surface area contributed by atoms with Gasteiger partial charge in [0.1, 0.15) is 17.0 Å². The van der Waals surface area contributed by atoms with E-state index in [0.717, 1.165) is 0 Å². The van der Waals surface area contributed by atoms with Crippen LogP contribution in [0.25, 0.3) is 0 Å². The summed E-state index contributed by atoms with van der Waals surface area (Å²) in [6, 6.07) is 6.57. The molecule has 1 aromatic carbocycles. The topological polar surface area (TPSA) is 151 Å². The molecular weight excluding hydrogens is 348 g/mol. The van der Waals surface area contributed by atoms with Crippen LogP contribution in [0.5, 0.6) is 0 Å². The smallest absolute Gasteiger partial charge is 0.318 e. The Balaban J connectivity index is 2.42. The van der Waals surface area contributed by atoms with E-state index in [1.807, 2.05) is 0 Å². The number of carboxylic acid groups (broad SMARTS) is 1. The van der Waals surface area contributed by atoms with E-state index in [4.69, 9.17) is 16.9 Å². The van der Waals surface area contributed by atoms with Crippen LogP contribution in [0.15, 0.2) is 36.5 Å². The van der Waals surface area contributed by atoms with E-state index in [0.29, 0.717) is 30.6 Å². The molecule has 1 fully saturated rings. The highest BCUT2D eigenvalue weighted by atomic mass is 16.4. The number of piperidine rings is 1. The standard InChI is InChI=1S/C19H24N4O4/c1-12(24)19(18(26)27,9-3-10-20)15-4-2-11-23(17(15)25)14-7-5-13(6-8-14)16(21)22/h3,5-8,10,15H,2,4,9,11,20H2,1H3,(H3,21,22)(H,26,27). The number of ketones is 1. The highest BCUT2D eigenvalue weighted by Gasteiger charge is 2.54. The number of allylic oxidation sites excluding steroid dienone is 1. The summed E-state index contributed by atoms with van der Waals surface area (Å²) in [5.41, 5.74) is 10.1. The fraction of sp³-hybridized carbons (Fsp3) is 0.368. The lowest BCUT2D eigenvalue weighted by molar-refractivity contribution is -0.162. The minimum Gasteiger partial charge on any atom is -0.480 e. The number of nitrogens with two attached hydrogens (primary N) is 2. The number of carbonyl (C=O) groups is 3. The second kappa shape index (κ2) is 8.03. The SMILES string of the molecule is CC(=O)C(CC=CN)(C(=O)O)C1CCCN(c2ccc(C(=N)N)cc2)C1=O. The lowest BCUT2D eigenvalue weighted by Gasteiger charge is -2.40. The average Bonchev–Trinajstić information content (AvgIpc) is 2.63. The first-order valence-electron chi connectivity index (χ1n) is 8.62. The van der Waals surface area contributed by atoms with Crippen molar-refractivity contribution in [3.05, 3.63) is 42.1 Å². The summed E-state index contributed by atoms with van der Waals surface area (Å²) in [4.78, 5) is 39.1. The molecule has 1 heterocycles. The van der Waals surface area contributed by atoms with E-state index < -0.39 is 29.0 Å². The van der Waals surface area contributed by atoms with Crippen molar-refractivity contribution >= 4 is 29.2 Å². The van der Waals surface area contributed by atoms with Crippen molar-refractivity contribution in [2.24, 2.45) is 22.8 Å². The Bertz CT molecular complexity index is 771. The number of Topliss-reactive ketones (excluding diaryl/α,β-unsaturated/α-hetero) is 1. The molecule has 0 aromatic heterocycles. The highest BCUT2D eigenvalue weighted by Crippen LogP contribution is 2.41. The predicted octanol–water partition coefficient (Wildman–Crippen LogP) is 1.24. The minimum atomic E-state index is -1.84. The Hall–Kier alpha value is -3.16. The third-order valence-electron chi connectivity index (χ3n) is 5.11. The fourth-order valence-corrected chi connectivity index (χ4v) is 3.58. The van der Waals surface area contributed by atoms with Crippen molar-refractivity contribution in [1.29, 1.82) is 5.41 Å². The maximum absolute atomic E-state index is 13.2. The van der Waals surface area contributed by atoms with Crippen molar-refractivity contribution in [2.75, 3.05) is 11.4 Å². The zero-order valence-corrected chi connectivity index (χ0v) is 15.1. The van der Waals surface area contributed by atoms with E-state index in [9.17, 15) is 19.5 Å². The van der Waals surface area contributed by atoms with Gasteiger partial charge in [0.05, 0.1) is 5.92 Å². The van der Waals surface area contributed by atoms with Crippen LogP contribution in [0, 0.1) is 16.7 Å². The van der Waals surface area contributed by atoms with Crippen molar-refractivity contribution in [1.82, 2.24) is 0 Å². The summed E-state index contributed by atoms with van der Waals surface area (Å²) >= 11 is 0. The Kier molecular flexibility index (Phi) is 5.99. The quantitative estimate of drug-likeness (QED) is 0.321. The van der Waals surface area contributed by atoms with Gasteiger partial charge in [-0.15, -0.1) is 0 Å². The Morgan fingerprint density at radius 3 is 2.48 bits per heavy atom. The number of amidine groups is 1. The van der Waals surface area contributed by atoms with Crippen LogP contribution in [-0.2, 0) is 14.4 Å². The molecule has 0 aliphatic carbocycles. The molecule has 1 aromatic rings. The van der Waals surface area contributed by atoms with Gasteiger partial charge in [-0.25, -0.2) is 0 Å². The third kappa shape index (κ3) is 3.69. The molecule has 0 spiro atoms. The monoisotopic (exact) mass is 372 g/mol. The van der Waals surface area contributed by atoms with Crippen molar-refractivity contribution < 1.29 is 19.5 Å². The summed E-state index contributed by atoms with van der Waals surface area (Å²) in [6.07, 6.45) is 3.34. The number of nitrogens with one attached hydrogen (secondary N) is 1. The fourth-order valence-electron chi connectivity index (χ4n) is 3.58. The number of hydrogen-bond acceptors (Lipinski definition) is 5. The van der Waals surface area contributed by atoms with Crippen LogP contribution < -0.4 is 16.4 Å². The van der Waals surface area contributed by atoms with E-state index >= 15 is 0 Å². The molecule has 144 valence electrons. The van der Waals surface area contributed by atoms with Crippen LogP contribution in [0.1, 0.15) is 31.7 Å². The first-order chi connectivity index (χ1) is 12.8. The maximum Gasteiger partial charge on any atom is 0.318 e. The highest BCUT2D eigenvalue weighted by molar-refractivity contribution is 6.09. The van der Waals surface area contributed by atoms with Crippen molar-refractivity contribution in [2.45, 2.75) is 26.2 Å². The lowest BCUT2D eigenvalue weighted by Crippen LogP contribution is -2.54. The molecule has 1 aliphatic rings. The normalized spacial score (nSPS) is 19.7. The third-order valence-corrected chi connectivity index (χ3v) is 5.11. The van der Waals surface area contributed by atoms with Gasteiger partial charge in [0.25, 0.3) is 0 Å². The van der Waals surface area contributed by atoms with Gasteiger partial charge in [0.15, 0.2) is 0 Å². The molecule has 6 N–H and O–H groups in total. The van der Waals surface area contributed by atoms with Crippen molar-refractivity contribution in [3.8, 4) is 0 Å². The van der Waals surface area contributed by atoms with Gasteiger partial charge in [0, 0.05) is 17.8 Å². The van der Waals surface area contributed by atoms with Crippen molar-refractivity contribution in [3.63, 3.8) is 0 Å². The van der Waals surface area contributed by atoms with Crippen LogP contribution in [0.2, 0.25) is 0 Å². The zero-order chi connectivity index (χ0) is 20.2.